The first-order chi connectivity index (χ1) is 5.97. The van der Waals surface area contributed by atoms with Gasteiger partial charge < -0.3 is 5.32 Å². The number of anilines is 1. The molecule has 0 aliphatic heterocycles. The molecule has 1 aromatic rings. The van der Waals surface area contributed by atoms with Crippen molar-refractivity contribution in [1.29, 1.82) is 0 Å². The molecule has 0 amide bonds. The molecule has 1 heterocycles. The van der Waals surface area contributed by atoms with Crippen LogP contribution in [-0.2, 0) is 0 Å². The highest BCUT2D eigenvalue weighted by molar-refractivity contribution is 6.29. The maximum atomic E-state index is 5.68. The molecule has 0 aliphatic carbocycles. The number of hydrogen-bond donors (Lipinski definition) is 1. The van der Waals surface area contributed by atoms with Crippen LogP contribution in [-0.4, -0.2) is 16.7 Å². The van der Waals surface area contributed by atoms with Gasteiger partial charge in [-0.15, -0.1) is 5.10 Å². The average molecular weight is 200 g/mol. The van der Waals surface area contributed by atoms with E-state index in [0.717, 1.165) is 12.2 Å². The summed E-state index contributed by atoms with van der Waals surface area (Å²) < 4.78 is 0. The monoisotopic (exact) mass is 199 g/mol. The predicted octanol–water partition coefficient (Wildman–Crippen LogP) is 2.59. The molecule has 13 heavy (non-hydrogen) atoms. The third-order valence-corrected chi connectivity index (χ3v) is 1.63. The highest BCUT2D eigenvalue weighted by Gasteiger charge is 2.09. The quantitative estimate of drug-likeness (QED) is 0.796. The molecule has 0 fully saturated rings. The fourth-order valence-electron chi connectivity index (χ4n) is 0.805. The van der Waals surface area contributed by atoms with Gasteiger partial charge in [0.05, 0.1) is 11.9 Å². The SMILES string of the molecule is CC(C)(C)CNc1cnnc(Cl)c1. The van der Waals surface area contributed by atoms with E-state index >= 15 is 0 Å². The lowest BCUT2D eigenvalue weighted by molar-refractivity contribution is 0.443. The van der Waals surface area contributed by atoms with Crippen LogP contribution in [0.4, 0.5) is 5.69 Å². The van der Waals surface area contributed by atoms with Crippen LogP contribution in [0.25, 0.3) is 0 Å². The van der Waals surface area contributed by atoms with Gasteiger partial charge in [-0.1, -0.05) is 32.4 Å². The first-order valence-electron chi connectivity index (χ1n) is 4.19. The van der Waals surface area contributed by atoms with Crippen molar-refractivity contribution in [3.63, 3.8) is 0 Å². The Morgan fingerprint density at radius 3 is 2.69 bits per heavy atom. The maximum Gasteiger partial charge on any atom is 0.153 e. The Hall–Kier alpha value is -0.830. The molecule has 1 N–H and O–H groups in total. The van der Waals surface area contributed by atoms with Crippen LogP contribution in [0.15, 0.2) is 12.3 Å². The minimum atomic E-state index is 0.246. The van der Waals surface area contributed by atoms with Gasteiger partial charge in [-0.3, -0.25) is 0 Å². The fourth-order valence-corrected chi connectivity index (χ4v) is 0.966. The van der Waals surface area contributed by atoms with Gasteiger partial charge >= 0.3 is 0 Å². The minimum absolute atomic E-state index is 0.246. The Morgan fingerprint density at radius 2 is 2.15 bits per heavy atom. The summed E-state index contributed by atoms with van der Waals surface area (Å²) in [5, 5.41) is 11.1. The van der Waals surface area contributed by atoms with E-state index in [1.54, 1.807) is 12.3 Å². The van der Waals surface area contributed by atoms with Gasteiger partial charge in [-0.25, -0.2) is 0 Å². The summed E-state index contributed by atoms with van der Waals surface area (Å²) in [6.45, 7) is 7.37. The summed E-state index contributed by atoms with van der Waals surface area (Å²) >= 11 is 5.68. The average Bonchev–Trinajstić information content (AvgIpc) is 2.00. The van der Waals surface area contributed by atoms with Gasteiger partial charge in [0.1, 0.15) is 0 Å². The molecule has 72 valence electrons. The normalized spacial score (nSPS) is 11.4. The molecule has 0 saturated heterocycles. The minimum Gasteiger partial charge on any atom is -0.383 e. The zero-order valence-corrected chi connectivity index (χ0v) is 8.89. The number of hydrogen-bond acceptors (Lipinski definition) is 3. The topological polar surface area (TPSA) is 37.8 Å². The van der Waals surface area contributed by atoms with Crippen molar-refractivity contribution in [2.45, 2.75) is 20.8 Å². The van der Waals surface area contributed by atoms with E-state index < -0.39 is 0 Å². The van der Waals surface area contributed by atoms with Crippen molar-refractivity contribution in [3.05, 3.63) is 17.4 Å². The van der Waals surface area contributed by atoms with Gasteiger partial charge in [-0.05, 0) is 5.41 Å². The van der Waals surface area contributed by atoms with Crippen LogP contribution in [0, 0.1) is 5.41 Å². The highest BCUT2D eigenvalue weighted by atomic mass is 35.5. The van der Waals surface area contributed by atoms with Crippen LogP contribution in [0.2, 0.25) is 5.15 Å². The second kappa shape index (κ2) is 3.92. The number of nitrogens with one attached hydrogen (secondary N) is 1. The first-order valence-corrected chi connectivity index (χ1v) is 4.57. The molecule has 0 spiro atoms. The lowest BCUT2D eigenvalue weighted by atomic mass is 9.97. The second-order valence-electron chi connectivity index (χ2n) is 4.18. The van der Waals surface area contributed by atoms with Crippen LogP contribution in [0.3, 0.4) is 0 Å². The van der Waals surface area contributed by atoms with Gasteiger partial charge in [0.15, 0.2) is 5.15 Å². The van der Waals surface area contributed by atoms with Crippen molar-refractivity contribution in [3.8, 4) is 0 Å². The number of aromatic nitrogens is 2. The standard InChI is InChI=1S/C9H14ClN3/c1-9(2,3)6-11-7-4-8(10)13-12-5-7/h4-5H,6H2,1-3H3,(H,11,13). The summed E-state index contributed by atoms with van der Waals surface area (Å²) in [6.07, 6.45) is 1.66. The Labute approximate surface area is 83.5 Å². The zero-order chi connectivity index (χ0) is 9.90. The molecule has 0 saturated carbocycles. The Morgan fingerprint density at radius 1 is 1.46 bits per heavy atom. The molecule has 0 bridgehead atoms. The molecule has 4 heteroatoms. The van der Waals surface area contributed by atoms with Gasteiger partial charge in [-0.2, -0.15) is 5.10 Å². The summed E-state index contributed by atoms with van der Waals surface area (Å²) in [5.41, 5.74) is 1.16. The lowest BCUT2D eigenvalue weighted by Crippen LogP contribution is -2.19. The number of halogens is 1. The molecule has 3 nitrogen and oxygen atoms in total. The molecule has 1 aromatic heterocycles. The third kappa shape index (κ3) is 4.08. The van der Waals surface area contributed by atoms with Crippen LogP contribution in [0.1, 0.15) is 20.8 Å². The Bertz CT molecular complexity index is 280. The van der Waals surface area contributed by atoms with Crippen molar-refractivity contribution >= 4 is 17.3 Å². The van der Waals surface area contributed by atoms with Gasteiger partial charge in [0.2, 0.25) is 0 Å². The second-order valence-corrected chi connectivity index (χ2v) is 4.57. The van der Waals surface area contributed by atoms with E-state index in [-0.39, 0.29) is 5.41 Å². The zero-order valence-electron chi connectivity index (χ0n) is 8.13. The van der Waals surface area contributed by atoms with Gasteiger partial charge in [0, 0.05) is 12.6 Å². The fraction of sp³-hybridized carbons (Fsp3) is 0.556. The van der Waals surface area contributed by atoms with E-state index in [2.05, 4.69) is 36.3 Å². The van der Waals surface area contributed by atoms with E-state index in [1.165, 1.54) is 0 Å². The summed E-state index contributed by atoms with van der Waals surface area (Å²) in [7, 11) is 0. The van der Waals surface area contributed by atoms with Crippen LogP contribution >= 0.6 is 11.6 Å². The molecular formula is C9H14ClN3. The number of rotatable bonds is 2. The Balaban J connectivity index is 2.55. The van der Waals surface area contributed by atoms with Gasteiger partial charge in [0.25, 0.3) is 0 Å². The van der Waals surface area contributed by atoms with E-state index in [1.807, 2.05) is 0 Å². The summed E-state index contributed by atoms with van der Waals surface area (Å²) in [6, 6.07) is 1.76. The summed E-state index contributed by atoms with van der Waals surface area (Å²) in [4.78, 5) is 0. The van der Waals surface area contributed by atoms with E-state index in [9.17, 15) is 0 Å². The molecule has 0 atom stereocenters. The van der Waals surface area contributed by atoms with Crippen molar-refractivity contribution in [2.75, 3.05) is 11.9 Å². The van der Waals surface area contributed by atoms with E-state index in [4.69, 9.17) is 11.6 Å². The van der Waals surface area contributed by atoms with Crippen molar-refractivity contribution in [2.24, 2.45) is 5.41 Å². The molecular weight excluding hydrogens is 186 g/mol. The molecule has 1 rings (SSSR count). The molecule has 0 radical (unpaired) electrons. The van der Waals surface area contributed by atoms with Crippen LogP contribution < -0.4 is 5.32 Å². The lowest BCUT2D eigenvalue weighted by Gasteiger charge is -2.19. The first kappa shape index (κ1) is 10.3. The van der Waals surface area contributed by atoms with Crippen LogP contribution in [0.5, 0.6) is 0 Å². The van der Waals surface area contributed by atoms with Crippen molar-refractivity contribution in [1.82, 2.24) is 10.2 Å². The molecule has 0 unspecified atom stereocenters. The van der Waals surface area contributed by atoms with E-state index in [0.29, 0.717) is 5.15 Å². The summed E-state index contributed by atoms with van der Waals surface area (Å²) in [5.74, 6) is 0. The number of nitrogens with zero attached hydrogens (tertiary/aromatic N) is 2. The largest absolute Gasteiger partial charge is 0.383 e. The maximum absolute atomic E-state index is 5.68. The molecule has 0 aromatic carbocycles. The predicted molar refractivity (Wildman–Crippen MR) is 55.0 cm³/mol. The molecule has 0 aliphatic rings. The smallest absolute Gasteiger partial charge is 0.153 e. The van der Waals surface area contributed by atoms with Crippen molar-refractivity contribution < 1.29 is 0 Å². The third-order valence-electron chi connectivity index (χ3n) is 1.45. The highest BCUT2D eigenvalue weighted by Crippen LogP contribution is 2.16. The Kier molecular flexibility index (Phi) is 3.09.